The minimum atomic E-state index is -3.62. The van der Waals surface area contributed by atoms with Gasteiger partial charge in [-0.3, -0.25) is 0 Å². The van der Waals surface area contributed by atoms with Crippen LogP contribution in [0.2, 0.25) is 5.02 Å². The molecule has 0 unspecified atom stereocenters. The molecule has 100 valence electrons. The molecule has 19 heavy (non-hydrogen) atoms. The fourth-order valence-electron chi connectivity index (χ4n) is 1.62. The van der Waals surface area contributed by atoms with Gasteiger partial charge in [0, 0.05) is 16.3 Å². The second-order valence-electron chi connectivity index (χ2n) is 4.06. The van der Waals surface area contributed by atoms with Crippen molar-refractivity contribution in [3.63, 3.8) is 0 Å². The highest BCUT2D eigenvalue weighted by molar-refractivity contribution is 7.90. The van der Waals surface area contributed by atoms with E-state index in [9.17, 15) is 12.8 Å². The average molecular weight is 300 g/mol. The molecule has 0 fully saturated rings. The molecular weight excluding hydrogens is 289 g/mol. The van der Waals surface area contributed by atoms with Crippen LogP contribution >= 0.6 is 11.6 Å². The smallest absolute Gasteiger partial charge is 0.182 e. The van der Waals surface area contributed by atoms with E-state index in [1.54, 1.807) is 0 Å². The van der Waals surface area contributed by atoms with Gasteiger partial charge in [0.1, 0.15) is 5.82 Å². The Kier molecular flexibility index (Phi) is 3.78. The SMILES string of the molecule is Nc1ccc(S(=O)(=O)Cc2cc(Cl)ccc2F)cc1. The van der Waals surface area contributed by atoms with Gasteiger partial charge in [-0.1, -0.05) is 11.6 Å². The summed E-state index contributed by atoms with van der Waals surface area (Å²) in [6.45, 7) is 0. The molecule has 0 aliphatic heterocycles. The largest absolute Gasteiger partial charge is 0.399 e. The highest BCUT2D eigenvalue weighted by atomic mass is 35.5. The van der Waals surface area contributed by atoms with E-state index >= 15 is 0 Å². The van der Waals surface area contributed by atoms with Gasteiger partial charge in [0.25, 0.3) is 0 Å². The summed E-state index contributed by atoms with van der Waals surface area (Å²) < 4.78 is 37.8. The lowest BCUT2D eigenvalue weighted by molar-refractivity contribution is 0.587. The Morgan fingerprint density at radius 1 is 1.11 bits per heavy atom. The van der Waals surface area contributed by atoms with Gasteiger partial charge in [-0.25, -0.2) is 12.8 Å². The first-order valence-corrected chi connectivity index (χ1v) is 7.44. The average Bonchev–Trinajstić information content (AvgIpc) is 2.34. The van der Waals surface area contributed by atoms with Gasteiger partial charge in [0.2, 0.25) is 0 Å². The Labute approximate surface area is 115 Å². The van der Waals surface area contributed by atoms with Crippen LogP contribution in [0, 0.1) is 5.82 Å². The lowest BCUT2D eigenvalue weighted by atomic mass is 10.2. The molecule has 0 aromatic heterocycles. The third kappa shape index (κ3) is 3.24. The third-order valence-corrected chi connectivity index (χ3v) is 4.51. The normalized spacial score (nSPS) is 11.5. The number of rotatable bonds is 3. The van der Waals surface area contributed by atoms with E-state index in [0.717, 1.165) is 6.07 Å². The molecule has 0 saturated heterocycles. The molecule has 0 radical (unpaired) electrons. The van der Waals surface area contributed by atoms with Crippen molar-refractivity contribution in [3.8, 4) is 0 Å². The van der Waals surface area contributed by atoms with Crippen molar-refractivity contribution >= 4 is 27.1 Å². The Balaban J connectivity index is 2.36. The molecule has 0 aliphatic rings. The second kappa shape index (κ2) is 5.19. The molecule has 2 rings (SSSR count). The van der Waals surface area contributed by atoms with Crippen LogP contribution in [0.1, 0.15) is 5.56 Å². The van der Waals surface area contributed by atoms with Crippen LogP contribution in [-0.4, -0.2) is 8.42 Å². The number of hydrogen-bond donors (Lipinski definition) is 1. The van der Waals surface area contributed by atoms with Crippen molar-refractivity contribution in [2.24, 2.45) is 0 Å². The molecule has 0 heterocycles. The van der Waals surface area contributed by atoms with E-state index in [4.69, 9.17) is 17.3 Å². The predicted octanol–water partition coefficient (Wildman–Crippen LogP) is 3.04. The van der Waals surface area contributed by atoms with E-state index in [1.165, 1.54) is 36.4 Å². The number of nitrogens with two attached hydrogens (primary N) is 1. The van der Waals surface area contributed by atoms with Crippen LogP contribution in [0.25, 0.3) is 0 Å². The van der Waals surface area contributed by atoms with Crippen molar-refractivity contribution in [3.05, 3.63) is 58.9 Å². The van der Waals surface area contributed by atoms with Gasteiger partial charge in [-0.2, -0.15) is 0 Å². The first kappa shape index (κ1) is 13.8. The second-order valence-corrected chi connectivity index (χ2v) is 6.49. The number of benzene rings is 2. The topological polar surface area (TPSA) is 60.2 Å². The van der Waals surface area contributed by atoms with E-state index in [-0.39, 0.29) is 10.5 Å². The maximum atomic E-state index is 13.5. The zero-order chi connectivity index (χ0) is 14.0. The molecule has 0 aliphatic carbocycles. The van der Waals surface area contributed by atoms with Crippen LogP contribution in [-0.2, 0) is 15.6 Å². The van der Waals surface area contributed by atoms with Crippen LogP contribution in [0.3, 0.4) is 0 Å². The monoisotopic (exact) mass is 299 g/mol. The Bertz CT molecular complexity index is 699. The summed E-state index contributed by atoms with van der Waals surface area (Å²) >= 11 is 5.73. The van der Waals surface area contributed by atoms with E-state index in [1.807, 2.05) is 0 Å². The fourth-order valence-corrected chi connectivity index (χ4v) is 3.16. The van der Waals surface area contributed by atoms with Crippen LogP contribution in [0.15, 0.2) is 47.4 Å². The predicted molar refractivity (Wildman–Crippen MR) is 73.2 cm³/mol. The van der Waals surface area contributed by atoms with Crippen LogP contribution < -0.4 is 5.73 Å². The van der Waals surface area contributed by atoms with E-state index in [0.29, 0.717) is 10.7 Å². The molecule has 0 atom stereocenters. The number of sulfone groups is 1. The standard InChI is InChI=1S/C13H11ClFNO2S/c14-10-1-6-13(15)9(7-10)8-19(17,18)12-4-2-11(16)3-5-12/h1-7H,8,16H2. The van der Waals surface area contributed by atoms with Gasteiger partial charge >= 0.3 is 0 Å². The number of halogens is 2. The molecule has 0 amide bonds. The van der Waals surface area contributed by atoms with Crippen molar-refractivity contribution in [1.29, 1.82) is 0 Å². The van der Waals surface area contributed by atoms with Crippen LogP contribution in [0.5, 0.6) is 0 Å². The molecule has 2 aromatic rings. The van der Waals surface area contributed by atoms with E-state index in [2.05, 4.69) is 0 Å². The third-order valence-electron chi connectivity index (χ3n) is 2.59. The van der Waals surface area contributed by atoms with Gasteiger partial charge in [0.15, 0.2) is 9.84 Å². The maximum absolute atomic E-state index is 13.5. The maximum Gasteiger partial charge on any atom is 0.182 e. The first-order chi connectivity index (χ1) is 8.88. The van der Waals surface area contributed by atoms with Crippen molar-refractivity contribution in [1.82, 2.24) is 0 Å². The fraction of sp³-hybridized carbons (Fsp3) is 0.0769. The Morgan fingerprint density at radius 2 is 1.74 bits per heavy atom. The van der Waals surface area contributed by atoms with Gasteiger partial charge < -0.3 is 5.73 Å². The van der Waals surface area contributed by atoms with Crippen LogP contribution in [0.4, 0.5) is 10.1 Å². The number of anilines is 1. The lowest BCUT2D eigenvalue weighted by Crippen LogP contribution is -2.06. The molecule has 2 N–H and O–H groups in total. The zero-order valence-corrected chi connectivity index (χ0v) is 11.4. The summed E-state index contributed by atoms with van der Waals surface area (Å²) in [4.78, 5) is 0.0982. The quantitative estimate of drug-likeness (QED) is 0.886. The number of hydrogen-bond acceptors (Lipinski definition) is 3. The molecule has 2 aromatic carbocycles. The summed E-state index contributed by atoms with van der Waals surface area (Å²) in [5.41, 5.74) is 6.01. The highest BCUT2D eigenvalue weighted by Gasteiger charge is 2.17. The first-order valence-electron chi connectivity index (χ1n) is 5.41. The molecule has 6 heteroatoms. The summed E-state index contributed by atoms with van der Waals surface area (Å²) in [6.07, 6.45) is 0. The van der Waals surface area contributed by atoms with Crippen molar-refractivity contribution in [2.75, 3.05) is 5.73 Å². The molecule has 3 nitrogen and oxygen atoms in total. The molecule has 0 spiro atoms. The zero-order valence-electron chi connectivity index (χ0n) is 9.81. The lowest BCUT2D eigenvalue weighted by Gasteiger charge is -2.06. The summed E-state index contributed by atoms with van der Waals surface area (Å²) in [5, 5.41) is 0.295. The molecule has 0 saturated carbocycles. The van der Waals surface area contributed by atoms with Crippen molar-refractivity contribution < 1.29 is 12.8 Å². The van der Waals surface area contributed by atoms with Crippen molar-refractivity contribution in [2.45, 2.75) is 10.6 Å². The van der Waals surface area contributed by atoms with Gasteiger partial charge in [-0.05, 0) is 42.5 Å². The van der Waals surface area contributed by atoms with Gasteiger partial charge in [0.05, 0.1) is 10.6 Å². The summed E-state index contributed by atoms with van der Waals surface area (Å²) in [5.74, 6) is -1.04. The minimum Gasteiger partial charge on any atom is -0.399 e. The van der Waals surface area contributed by atoms with E-state index < -0.39 is 21.4 Å². The Hall–Kier alpha value is -1.59. The molecule has 0 bridgehead atoms. The minimum absolute atomic E-state index is 0.0457. The highest BCUT2D eigenvalue weighted by Crippen LogP contribution is 2.21. The summed E-state index contributed by atoms with van der Waals surface area (Å²) in [6, 6.07) is 9.60. The Morgan fingerprint density at radius 3 is 2.37 bits per heavy atom. The van der Waals surface area contributed by atoms with Gasteiger partial charge in [-0.15, -0.1) is 0 Å². The molecular formula is C13H11ClFNO2S. The summed E-state index contributed by atoms with van der Waals surface area (Å²) in [7, 11) is -3.62. The number of nitrogen functional groups attached to an aromatic ring is 1.